The van der Waals surface area contributed by atoms with Gasteiger partial charge >= 0.3 is 0 Å². The predicted molar refractivity (Wildman–Crippen MR) is 135 cm³/mol. The van der Waals surface area contributed by atoms with Crippen LogP contribution >= 0.6 is 11.6 Å². The van der Waals surface area contributed by atoms with Crippen molar-refractivity contribution in [3.63, 3.8) is 0 Å². The zero-order valence-electron chi connectivity index (χ0n) is 20.2. The van der Waals surface area contributed by atoms with Gasteiger partial charge in [0.25, 0.3) is 5.56 Å². The average Bonchev–Trinajstić information content (AvgIpc) is 2.86. The van der Waals surface area contributed by atoms with Gasteiger partial charge in [0.2, 0.25) is 0 Å². The highest BCUT2D eigenvalue weighted by Crippen LogP contribution is 2.29. The van der Waals surface area contributed by atoms with Crippen molar-refractivity contribution in [1.29, 1.82) is 0 Å². The van der Waals surface area contributed by atoms with E-state index in [0.29, 0.717) is 40.2 Å². The molecule has 9 nitrogen and oxygen atoms in total. The van der Waals surface area contributed by atoms with Crippen LogP contribution in [-0.2, 0) is 16.4 Å². The smallest absolute Gasteiger partial charge is 0.277 e. The lowest BCUT2D eigenvalue weighted by Crippen LogP contribution is -2.35. The quantitative estimate of drug-likeness (QED) is 0.351. The normalized spacial score (nSPS) is 14.8. The molecule has 4 aromatic heterocycles. The van der Waals surface area contributed by atoms with E-state index in [2.05, 4.69) is 19.9 Å². The van der Waals surface area contributed by atoms with Crippen LogP contribution in [0.15, 0.2) is 47.7 Å². The third-order valence-electron chi connectivity index (χ3n) is 6.08. The number of nitrogens with zero attached hydrogens (tertiary/aromatic N) is 5. The van der Waals surface area contributed by atoms with Crippen molar-refractivity contribution in [1.82, 2.24) is 24.5 Å². The molecule has 0 N–H and O–H groups in total. The Morgan fingerprint density at radius 3 is 2.55 bits per heavy atom. The van der Waals surface area contributed by atoms with Gasteiger partial charge in [-0.05, 0) is 31.5 Å². The minimum absolute atomic E-state index is 0.00833. The van der Waals surface area contributed by atoms with Gasteiger partial charge in [0.05, 0.1) is 34.8 Å². The monoisotopic (exact) mass is 559 g/mol. The molecule has 1 fully saturated rings. The fraction of sp³-hybridized carbons (Fsp3) is 0.240. The van der Waals surface area contributed by atoms with Crippen LogP contribution in [0.3, 0.4) is 0 Å². The molecule has 38 heavy (non-hydrogen) atoms. The number of pyridine rings is 3. The van der Waals surface area contributed by atoms with E-state index in [9.17, 15) is 22.0 Å². The maximum Gasteiger partial charge on any atom is 0.277 e. The molecule has 0 radical (unpaired) electrons. The summed E-state index contributed by atoms with van der Waals surface area (Å²) in [4.78, 5) is 30.1. The molecular weight excluding hydrogens is 540 g/mol. The van der Waals surface area contributed by atoms with E-state index < -0.39 is 27.0 Å². The van der Waals surface area contributed by atoms with Gasteiger partial charge in [0.1, 0.15) is 34.7 Å². The summed E-state index contributed by atoms with van der Waals surface area (Å²) in [6.45, 7) is 3.11. The van der Waals surface area contributed by atoms with E-state index in [4.69, 9.17) is 16.3 Å². The SMILES string of the molecule is Cc1cnc(-c2ccnc(C3CS(=O)(=O)C3)n2)cc1-n1c(C)cc(OCc2ncc(F)cc2F)c(Cl)c1=O. The second-order valence-corrected chi connectivity index (χ2v) is 11.4. The number of rotatable bonds is 6. The van der Waals surface area contributed by atoms with Crippen LogP contribution in [0, 0.1) is 25.5 Å². The summed E-state index contributed by atoms with van der Waals surface area (Å²) in [6, 6.07) is 5.56. The van der Waals surface area contributed by atoms with Crippen molar-refractivity contribution in [3.8, 4) is 22.8 Å². The topological polar surface area (TPSA) is 117 Å². The summed E-state index contributed by atoms with van der Waals surface area (Å²) in [5.74, 6) is -1.49. The van der Waals surface area contributed by atoms with Gasteiger partial charge in [-0.2, -0.15) is 0 Å². The molecule has 0 aliphatic carbocycles. The highest BCUT2D eigenvalue weighted by molar-refractivity contribution is 7.92. The van der Waals surface area contributed by atoms with Crippen LogP contribution in [0.25, 0.3) is 17.1 Å². The van der Waals surface area contributed by atoms with Gasteiger partial charge in [-0.15, -0.1) is 0 Å². The Balaban J connectivity index is 1.47. The Bertz CT molecular complexity index is 1730. The maximum absolute atomic E-state index is 13.9. The Labute approximate surface area is 221 Å². The third kappa shape index (κ3) is 5.01. The fourth-order valence-electron chi connectivity index (χ4n) is 4.10. The van der Waals surface area contributed by atoms with Gasteiger partial charge < -0.3 is 4.74 Å². The number of sulfone groups is 1. The van der Waals surface area contributed by atoms with E-state index >= 15 is 0 Å². The summed E-state index contributed by atoms with van der Waals surface area (Å²) < 4.78 is 57.1. The van der Waals surface area contributed by atoms with E-state index in [1.54, 1.807) is 38.4 Å². The first-order valence-electron chi connectivity index (χ1n) is 11.4. The number of hydrogen-bond acceptors (Lipinski definition) is 8. The minimum atomic E-state index is -3.04. The molecule has 0 bridgehead atoms. The van der Waals surface area contributed by atoms with Gasteiger partial charge in [-0.25, -0.2) is 27.2 Å². The van der Waals surface area contributed by atoms with Crippen LogP contribution in [0.1, 0.15) is 28.7 Å². The van der Waals surface area contributed by atoms with Gasteiger partial charge in [-0.1, -0.05) is 11.6 Å². The summed E-state index contributed by atoms with van der Waals surface area (Å²) >= 11 is 6.34. The zero-order valence-corrected chi connectivity index (χ0v) is 21.7. The average molecular weight is 560 g/mol. The van der Waals surface area contributed by atoms with Crippen LogP contribution in [0.2, 0.25) is 5.02 Å². The van der Waals surface area contributed by atoms with Crippen LogP contribution in [-0.4, -0.2) is 44.4 Å². The third-order valence-corrected chi connectivity index (χ3v) is 8.24. The van der Waals surface area contributed by atoms with Crippen molar-refractivity contribution in [2.24, 2.45) is 0 Å². The molecule has 1 saturated heterocycles. The highest BCUT2D eigenvalue weighted by Gasteiger charge is 2.36. The Kier molecular flexibility index (Phi) is 6.70. The molecule has 4 aromatic rings. The minimum Gasteiger partial charge on any atom is -0.485 e. The standard InChI is InChI=1S/C25H20ClF2N5O4S/c1-13-8-30-19(18-3-4-29-24(32-18)15-11-38(35,36)12-15)7-21(13)33-14(2)5-22(23(26)25(33)34)37-10-20-17(28)6-16(27)9-31-20/h3-9,15H,10-12H2,1-2H3. The van der Waals surface area contributed by atoms with E-state index in [-0.39, 0.29) is 40.5 Å². The van der Waals surface area contributed by atoms with E-state index in [1.165, 1.54) is 10.6 Å². The number of aryl methyl sites for hydroxylation is 2. The first-order valence-corrected chi connectivity index (χ1v) is 13.6. The summed E-state index contributed by atoms with van der Waals surface area (Å²) in [7, 11) is -3.04. The van der Waals surface area contributed by atoms with Gasteiger partial charge in [-0.3, -0.25) is 19.3 Å². The molecule has 5 heterocycles. The molecule has 0 saturated carbocycles. The van der Waals surface area contributed by atoms with Crippen molar-refractivity contribution in [2.45, 2.75) is 26.4 Å². The largest absolute Gasteiger partial charge is 0.485 e. The maximum atomic E-state index is 13.9. The molecular formula is C25H20ClF2N5O4S. The lowest BCUT2D eigenvalue weighted by molar-refractivity contribution is 0.292. The van der Waals surface area contributed by atoms with Gasteiger partial charge in [0, 0.05) is 36.1 Å². The van der Waals surface area contributed by atoms with Crippen LogP contribution < -0.4 is 10.3 Å². The molecule has 5 rings (SSSR count). The molecule has 13 heteroatoms. The molecule has 0 atom stereocenters. The summed E-state index contributed by atoms with van der Waals surface area (Å²) in [5.41, 5.74) is 1.89. The predicted octanol–water partition coefficient (Wildman–Crippen LogP) is 3.72. The van der Waals surface area contributed by atoms with Crippen LogP contribution in [0.4, 0.5) is 8.78 Å². The lowest BCUT2D eigenvalue weighted by Gasteiger charge is -2.24. The van der Waals surface area contributed by atoms with Crippen molar-refractivity contribution in [2.75, 3.05) is 11.5 Å². The van der Waals surface area contributed by atoms with Crippen LogP contribution in [0.5, 0.6) is 5.75 Å². The molecule has 1 aliphatic heterocycles. The number of ether oxygens (including phenoxy) is 1. The number of aromatic nitrogens is 5. The Morgan fingerprint density at radius 2 is 1.84 bits per heavy atom. The first kappa shape index (κ1) is 25.9. The second-order valence-electron chi connectivity index (χ2n) is 8.91. The molecule has 0 aromatic carbocycles. The molecule has 1 aliphatic rings. The Hall–Kier alpha value is -3.77. The number of halogens is 3. The molecule has 0 amide bonds. The van der Waals surface area contributed by atoms with Gasteiger partial charge in [0.15, 0.2) is 15.7 Å². The molecule has 0 spiro atoms. The van der Waals surface area contributed by atoms with Crippen molar-refractivity contribution < 1.29 is 21.9 Å². The summed E-state index contributed by atoms with van der Waals surface area (Å²) in [5, 5.41) is -0.230. The summed E-state index contributed by atoms with van der Waals surface area (Å²) in [6.07, 6.45) is 4.00. The zero-order chi connectivity index (χ0) is 27.2. The van der Waals surface area contributed by atoms with Crippen molar-refractivity contribution >= 4 is 21.4 Å². The molecule has 196 valence electrons. The highest BCUT2D eigenvalue weighted by atomic mass is 35.5. The fourth-order valence-corrected chi connectivity index (χ4v) is 5.72. The first-order chi connectivity index (χ1) is 18.0. The number of hydrogen-bond donors (Lipinski definition) is 0. The Morgan fingerprint density at radius 1 is 1.08 bits per heavy atom. The lowest BCUT2D eigenvalue weighted by atomic mass is 10.1. The second kappa shape index (κ2) is 9.84. The van der Waals surface area contributed by atoms with Crippen molar-refractivity contribution in [3.05, 3.63) is 92.6 Å². The van der Waals surface area contributed by atoms with E-state index in [1.807, 2.05) is 0 Å². The molecule has 0 unspecified atom stereocenters. The van der Waals surface area contributed by atoms with E-state index in [0.717, 1.165) is 6.20 Å².